The van der Waals surface area contributed by atoms with Gasteiger partial charge < -0.3 is 9.84 Å². The van der Waals surface area contributed by atoms with Crippen LogP contribution in [0.5, 0.6) is 0 Å². The van der Waals surface area contributed by atoms with E-state index in [2.05, 4.69) is 34.4 Å². The molecule has 0 saturated heterocycles. The number of nitrogens with one attached hydrogen (secondary N) is 1. The Morgan fingerprint density at radius 2 is 1.97 bits per heavy atom. The summed E-state index contributed by atoms with van der Waals surface area (Å²) in [7, 11) is 0. The molecule has 1 amide bonds. The van der Waals surface area contributed by atoms with Crippen LogP contribution in [-0.4, -0.2) is 36.8 Å². The fraction of sp³-hybridized carbons (Fsp3) is 0.318. The van der Waals surface area contributed by atoms with Crippen molar-refractivity contribution in [3.8, 4) is 22.8 Å². The normalized spacial score (nSPS) is 11.4. The van der Waals surface area contributed by atoms with E-state index < -0.39 is 5.69 Å². The lowest BCUT2D eigenvalue weighted by Gasteiger charge is -2.06. The molecule has 0 fully saturated rings. The lowest BCUT2D eigenvalue weighted by atomic mass is 10.1. The summed E-state index contributed by atoms with van der Waals surface area (Å²) in [5, 5.41) is 11.2. The maximum absolute atomic E-state index is 12.7. The highest BCUT2D eigenvalue weighted by Crippen LogP contribution is 2.24. The molecule has 0 radical (unpaired) electrons. The summed E-state index contributed by atoms with van der Waals surface area (Å²) in [4.78, 5) is 29.4. The van der Waals surface area contributed by atoms with E-state index in [1.165, 1.54) is 4.40 Å². The number of hydrogen-bond donors (Lipinski definition) is 1. The van der Waals surface area contributed by atoms with Crippen LogP contribution in [0.3, 0.4) is 0 Å². The first-order chi connectivity index (χ1) is 14.9. The van der Waals surface area contributed by atoms with Gasteiger partial charge in [0.25, 0.3) is 5.89 Å². The highest BCUT2D eigenvalue weighted by atomic mass is 16.5. The van der Waals surface area contributed by atoms with Gasteiger partial charge in [-0.2, -0.15) is 4.98 Å². The summed E-state index contributed by atoms with van der Waals surface area (Å²) in [5.41, 5.74) is 2.42. The number of hydrogen-bond acceptors (Lipinski definition) is 6. The predicted molar refractivity (Wildman–Crippen MR) is 115 cm³/mol. The number of aryl methyl sites for hydroxylation is 1. The van der Waals surface area contributed by atoms with Gasteiger partial charge in [0, 0.05) is 18.3 Å². The fourth-order valence-corrected chi connectivity index (χ4v) is 3.15. The maximum Gasteiger partial charge on any atom is 0.350 e. The number of benzene rings is 1. The van der Waals surface area contributed by atoms with Crippen LogP contribution >= 0.6 is 0 Å². The van der Waals surface area contributed by atoms with Crippen LogP contribution in [-0.2, 0) is 11.3 Å². The Morgan fingerprint density at radius 3 is 2.71 bits per heavy atom. The minimum Gasteiger partial charge on any atom is -0.354 e. The van der Waals surface area contributed by atoms with Crippen molar-refractivity contribution in [3.05, 3.63) is 58.6 Å². The van der Waals surface area contributed by atoms with Gasteiger partial charge in [-0.25, -0.2) is 13.9 Å². The van der Waals surface area contributed by atoms with E-state index in [4.69, 9.17) is 4.52 Å². The molecule has 160 valence electrons. The molecule has 0 unspecified atom stereocenters. The third-order valence-corrected chi connectivity index (χ3v) is 4.91. The summed E-state index contributed by atoms with van der Waals surface area (Å²) < 4.78 is 7.95. The minimum atomic E-state index is -0.408. The SMILES string of the molecule is Cc1ccc(-c2noc(-c3cccn4c(=O)n(CC(=O)NCCC(C)C)nc34)n2)cc1. The lowest BCUT2D eigenvalue weighted by Crippen LogP contribution is -2.33. The quantitative estimate of drug-likeness (QED) is 0.493. The molecule has 9 heteroatoms. The van der Waals surface area contributed by atoms with Crippen LogP contribution in [0.4, 0.5) is 0 Å². The van der Waals surface area contributed by atoms with Gasteiger partial charge in [-0.15, -0.1) is 5.10 Å². The van der Waals surface area contributed by atoms with Gasteiger partial charge in [0.1, 0.15) is 6.54 Å². The summed E-state index contributed by atoms with van der Waals surface area (Å²) in [6.45, 7) is 6.58. The number of nitrogens with zero attached hydrogens (tertiary/aromatic N) is 5. The van der Waals surface area contributed by atoms with Crippen LogP contribution in [0.25, 0.3) is 28.5 Å². The fourth-order valence-electron chi connectivity index (χ4n) is 3.15. The molecule has 9 nitrogen and oxygen atoms in total. The summed E-state index contributed by atoms with van der Waals surface area (Å²) >= 11 is 0. The zero-order chi connectivity index (χ0) is 22.0. The van der Waals surface area contributed by atoms with Gasteiger partial charge in [0.15, 0.2) is 5.65 Å². The van der Waals surface area contributed by atoms with Gasteiger partial charge in [-0.1, -0.05) is 48.8 Å². The lowest BCUT2D eigenvalue weighted by molar-refractivity contribution is -0.121. The first-order valence-corrected chi connectivity index (χ1v) is 10.2. The Balaban J connectivity index is 1.61. The molecule has 0 aliphatic heterocycles. The second-order valence-corrected chi connectivity index (χ2v) is 7.88. The Kier molecular flexibility index (Phi) is 5.66. The topological polar surface area (TPSA) is 107 Å². The molecule has 4 aromatic rings. The third kappa shape index (κ3) is 4.40. The molecule has 0 aliphatic rings. The first-order valence-electron chi connectivity index (χ1n) is 10.2. The monoisotopic (exact) mass is 420 g/mol. The predicted octanol–water partition coefficient (Wildman–Crippen LogP) is 2.68. The van der Waals surface area contributed by atoms with Gasteiger partial charge in [-0.05, 0) is 31.4 Å². The molecule has 0 atom stereocenters. The molecule has 0 bridgehead atoms. The molecular weight excluding hydrogens is 396 g/mol. The largest absolute Gasteiger partial charge is 0.354 e. The van der Waals surface area contributed by atoms with Gasteiger partial charge >= 0.3 is 5.69 Å². The molecule has 4 rings (SSSR count). The molecule has 0 saturated carbocycles. The van der Waals surface area contributed by atoms with Crippen LogP contribution in [0, 0.1) is 12.8 Å². The number of carbonyl (C=O) groups is 1. The van der Waals surface area contributed by atoms with Gasteiger partial charge in [0.2, 0.25) is 11.7 Å². The zero-order valence-electron chi connectivity index (χ0n) is 17.7. The van der Waals surface area contributed by atoms with Gasteiger partial charge in [0.05, 0.1) is 5.56 Å². The molecule has 0 spiro atoms. The van der Waals surface area contributed by atoms with Crippen molar-refractivity contribution < 1.29 is 9.32 Å². The summed E-state index contributed by atoms with van der Waals surface area (Å²) in [6.07, 6.45) is 2.47. The molecule has 0 aliphatic carbocycles. The van der Waals surface area contributed by atoms with E-state index in [1.54, 1.807) is 18.3 Å². The average molecular weight is 420 g/mol. The van der Waals surface area contributed by atoms with Crippen LogP contribution in [0.15, 0.2) is 51.9 Å². The molecule has 31 heavy (non-hydrogen) atoms. The van der Waals surface area contributed by atoms with E-state index in [1.807, 2.05) is 31.2 Å². The Hall–Kier alpha value is -3.75. The van der Waals surface area contributed by atoms with Crippen molar-refractivity contribution in [2.24, 2.45) is 5.92 Å². The second kappa shape index (κ2) is 8.55. The van der Waals surface area contributed by atoms with E-state index in [9.17, 15) is 9.59 Å². The third-order valence-electron chi connectivity index (χ3n) is 4.91. The Morgan fingerprint density at radius 1 is 1.19 bits per heavy atom. The first kappa shape index (κ1) is 20.5. The maximum atomic E-state index is 12.7. The smallest absolute Gasteiger partial charge is 0.350 e. The second-order valence-electron chi connectivity index (χ2n) is 7.88. The van der Waals surface area contributed by atoms with E-state index in [0.717, 1.165) is 22.2 Å². The standard InChI is InChI=1S/C22H24N6O3/c1-14(2)10-11-23-18(29)13-28-22(30)27-12-4-5-17(20(27)25-28)21-24-19(26-31-21)16-8-6-15(3)7-9-16/h4-9,12,14H,10-11,13H2,1-3H3,(H,23,29). The number of rotatable bonds is 7. The number of amides is 1. The highest BCUT2D eigenvalue weighted by Gasteiger charge is 2.18. The summed E-state index contributed by atoms with van der Waals surface area (Å²) in [6, 6.07) is 11.2. The number of pyridine rings is 1. The number of aromatic nitrogens is 5. The molecule has 1 N–H and O–H groups in total. The summed E-state index contributed by atoms with van der Waals surface area (Å²) in [5.74, 6) is 0.926. The van der Waals surface area contributed by atoms with E-state index >= 15 is 0 Å². The minimum absolute atomic E-state index is 0.156. The van der Waals surface area contributed by atoms with Crippen LogP contribution < -0.4 is 11.0 Å². The zero-order valence-corrected chi connectivity index (χ0v) is 17.7. The van der Waals surface area contributed by atoms with Crippen LogP contribution in [0.2, 0.25) is 0 Å². The van der Waals surface area contributed by atoms with Crippen molar-refractivity contribution in [2.45, 2.75) is 33.7 Å². The molecular formula is C22H24N6O3. The van der Waals surface area contributed by atoms with Crippen molar-refractivity contribution in [1.82, 2.24) is 29.6 Å². The number of fused-ring (bicyclic) bond motifs is 1. The number of carbonyl (C=O) groups excluding carboxylic acids is 1. The van der Waals surface area contributed by atoms with Crippen molar-refractivity contribution in [3.63, 3.8) is 0 Å². The van der Waals surface area contributed by atoms with Crippen molar-refractivity contribution in [2.75, 3.05) is 6.54 Å². The van der Waals surface area contributed by atoms with Crippen molar-refractivity contribution >= 4 is 11.6 Å². The van der Waals surface area contributed by atoms with E-state index in [-0.39, 0.29) is 18.3 Å². The molecule has 3 heterocycles. The Labute approximate surface area is 178 Å². The van der Waals surface area contributed by atoms with E-state index in [0.29, 0.717) is 29.5 Å². The molecule has 1 aromatic carbocycles. The highest BCUT2D eigenvalue weighted by molar-refractivity contribution is 5.76. The van der Waals surface area contributed by atoms with Gasteiger partial charge in [-0.3, -0.25) is 4.79 Å². The van der Waals surface area contributed by atoms with Crippen molar-refractivity contribution in [1.29, 1.82) is 0 Å². The Bertz CT molecular complexity index is 1270. The molecule has 3 aromatic heterocycles. The average Bonchev–Trinajstić information content (AvgIpc) is 3.34. The van der Waals surface area contributed by atoms with Crippen LogP contribution in [0.1, 0.15) is 25.8 Å².